The number of amides is 2. The predicted octanol–water partition coefficient (Wildman–Crippen LogP) is 2.81. The highest BCUT2D eigenvalue weighted by Gasteiger charge is 2.22. The quantitative estimate of drug-likeness (QED) is 0.814. The van der Waals surface area contributed by atoms with E-state index < -0.39 is 0 Å². The predicted molar refractivity (Wildman–Crippen MR) is 102 cm³/mol. The summed E-state index contributed by atoms with van der Waals surface area (Å²) in [7, 11) is 0. The molecule has 6 heteroatoms. The van der Waals surface area contributed by atoms with Gasteiger partial charge in [0.25, 0.3) is 5.91 Å². The van der Waals surface area contributed by atoms with Crippen LogP contribution in [-0.4, -0.2) is 53.0 Å². The Morgan fingerprint density at radius 3 is 2.84 bits per heavy atom. The number of hydrogen-bond donors (Lipinski definition) is 2. The summed E-state index contributed by atoms with van der Waals surface area (Å²) in [4.78, 5) is 26.3. The number of rotatable bonds is 6. The van der Waals surface area contributed by atoms with Gasteiger partial charge in [-0.3, -0.25) is 9.59 Å². The maximum Gasteiger partial charge on any atom is 0.253 e. The fraction of sp³-hybridized carbons (Fsp3) is 0.579. The lowest BCUT2D eigenvalue weighted by atomic mass is 10.0. The normalized spacial score (nSPS) is 17.8. The van der Waals surface area contributed by atoms with Crippen LogP contribution in [0.25, 0.3) is 0 Å². The third-order valence-corrected chi connectivity index (χ3v) is 5.48. The Morgan fingerprint density at radius 2 is 2.12 bits per heavy atom. The van der Waals surface area contributed by atoms with Crippen LogP contribution in [0, 0.1) is 12.8 Å². The first-order chi connectivity index (χ1) is 12.0. The molecule has 2 rings (SSSR count). The molecule has 1 saturated heterocycles. The van der Waals surface area contributed by atoms with E-state index >= 15 is 0 Å². The number of benzene rings is 1. The van der Waals surface area contributed by atoms with Gasteiger partial charge in [-0.15, -0.1) is 0 Å². The number of aromatic hydroxyl groups is 1. The maximum atomic E-state index is 12.7. The molecule has 1 aromatic rings. The number of likely N-dealkylation sites (tertiary alicyclic amines) is 1. The summed E-state index contributed by atoms with van der Waals surface area (Å²) in [6.07, 6.45) is 2.89. The van der Waals surface area contributed by atoms with Crippen LogP contribution >= 0.6 is 11.8 Å². The van der Waals surface area contributed by atoms with Crippen LogP contribution in [0.15, 0.2) is 18.2 Å². The van der Waals surface area contributed by atoms with E-state index in [-0.39, 0.29) is 17.6 Å². The fourth-order valence-electron chi connectivity index (χ4n) is 3.05. The van der Waals surface area contributed by atoms with Gasteiger partial charge in [0.2, 0.25) is 5.91 Å². The summed E-state index contributed by atoms with van der Waals surface area (Å²) in [6, 6.07) is 5.00. The van der Waals surface area contributed by atoms with Gasteiger partial charge in [-0.05, 0) is 61.6 Å². The van der Waals surface area contributed by atoms with Gasteiger partial charge in [-0.25, -0.2) is 0 Å². The average Bonchev–Trinajstić information content (AvgIpc) is 2.85. The molecule has 1 unspecified atom stereocenters. The summed E-state index contributed by atoms with van der Waals surface area (Å²) < 4.78 is 0. The smallest absolute Gasteiger partial charge is 0.253 e. The second kappa shape index (κ2) is 9.70. The second-order valence-corrected chi connectivity index (χ2v) is 7.81. The molecule has 0 aliphatic carbocycles. The number of phenolic OH excluding ortho intramolecular Hbond substituents is 1. The lowest BCUT2D eigenvalue weighted by molar-refractivity contribution is -0.118. The zero-order valence-electron chi connectivity index (χ0n) is 15.1. The van der Waals surface area contributed by atoms with Crippen molar-refractivity contribution in [2.24, 2.45) is 5.92 Å². The van der Waals surface area contributed by atoms with Gasteiger partial charge in [-0.1, -0.05) is 6.92 Å². The fourth-order valence-corrected chi connectivity index (χ4v) is 3.54. The summed E-state index contributed by atoms with van der Waals surface area (Å²) in [6.45, 7) is 6.00. The average molecular weight is 365 g/mol. The topological polar surface area (TPSA) is 69.6 Å². The SMILES string of the molecule is CCSCC(=O)NCC1CCCN(C(=O)c2ccc(O)c(C)c2)CC1. The first kappa shape index (κ1) is 19.6. The molecule has 0 aromatic heterocycles. The van der Waals surface area contributed by atoms with Crippen LogP contribution < -0.4 is 5.32 Å². The van der Waals surface area contributed by atoms with Crippen LogP contribution in [-0.2, 0) is 4.79 Å². The minimum Gasteiger partial charge on any atom is -0.508 e. The number of nitrogens with zero attached hydrogens (tertiary/aromatic N) is 1. The van der Waals surface area contributed by atoms with Crippen molar-refractivity contribution >= 4 is 23.6 Å². The molecule has 2 N–H and O–H groups in total. The number of carbonyl (C=O) groups excluding carboxylic acids is 2. The molecular formula is C19H28N2O3S. The molecule has 0 radical (unpaired) electrons. The molecule has 25 heavy (non-hydrogen) atoms. The lowest BCUT2D eigenvalue weighted by Crippen LogP contribution is -2.33. The van der Waals surface area contributed by atoms with Crippen LogP contribution in [0.1, 0.15) is 42.1 Å². The molecule has 0 bridgehead atoms. The third-order valence-electron chi connectivity index (χ3n) is 4.60. The molecule has 1 atom stereocenters. The Balaban J connectivity index is 1.85. The Labute approximate surface area is 154 Å². The molecule has 1 heterocycles. The number of thioether (sulfide) groups is 1. The van der Waals surface area contributed by atoms with Gasteiger partial charge in [0.05, 0.1) is 5.75 Å². The summed E-state index contributed by atoms with van der Waals surface area (Å²) in [5, 5.41) is 12.6. The first-order valence-corrected chi connectivity index (χ1v) is 10.1. The van der Waals surface area contributed by atoms with Crippen molar-refractivity contribution in [2.75, 3.05) is 31.1 Å². The standard InChI is InChI=1S/C19H28N2O3S/c1-3-25-13-18(23)20-12-15-5-4-9-21(10-8-15)19(24)16-6-7-17(22)14(2)11-16/h6-7,11,15,22H,3-5,8-10,12-13H2,1-2H3,(H,20,23). The second-order valence-electron chi connectivity index (χ2n) is 6.53. The number of carbonyl (C=O) groups is 2. The lowest BCUT2D eigenvalue weighted by Gasteiger charge is -2.21. The van der Waals surface area contributed by atoms with Gasteiger partial charge in [0.15, 0.2) is 0 Å². The molecule has 138 valence electrons. The van der Waals surface area contributed by atoms with Crippen molar-refractivity contribution in [3.05, 3.63) is 29.3 Å². The molecule has 1 aliphatic rings. The Hall–Kier alpha value is -1.69. The van der Waals surface area contributed by atoms with E-state index in [0.29, 0.717) is 35.9 Å². The van der Waals surface area contributed by atoms with Crippen molar-refractivity contribution in [3.8, 4) is 5.75 Å². The number of aryl methyl sites for hydroxylation is 1. The third kappa shape index (κ3) is 5.96. The summed E-state index contributed by atoms with van der Waals surface area (Å²) >= 11 is 1.63. The van der Waals surface area contributed by atoms with Gasteiger partial charge in [0.1, 0.15) is 5.75 Å². The van der Waals surface area contributed by atoms with Crippen molar-refractivity contribution < 1.29 is 14.7 Å². The Kier molecular flexibility index (Phi) is 7.62. The molecule has 0 spiro atoms. The minimum atomic E-state index is 0.0205. The Bertz CT molecular complexity index is 606. The van der Waals surface area contributed by atoms with Crippen molar-refractivity contribution in [1.82, 2.24) is 10.2 Å². The van der Waals surface area contributed by atoms with Crippen molar-refractivity contribution in [1.29, 1.82) is 0 Å². The molecule has 5 nitrogen and oxygen atoms in total. The maximum absolute atomic E-state index is 12.7. The number of nitrogens with one attached hydrogen (secondary N) is 1. The number of phenols is 1. The summed E-state index contributed by atoms with van der Waals surface area (Å²) in [5.41, 5.74) is 1.34. The van der Waals surface area contributed by atoms with Crippen molar-refractivity contribution in [2.45, 2.75) is 33.1 Å². The largest absolute Gasteiger partial charge is 0.508 e. The van der Waals surface area contributed by atoms with Crippen LogP contribution in [0.4, 0.5) is 0 Å². The van der Waals surface area contributed by atoms with E-state index in [1.165, 1.54) is 0 Å². The zero-order valence-corrected chi connectivity index (χ0v) is 15.9. The molecule has 1 aromatic carbocycles. The van der Waals surface area contributed by atoms with Gasteiger partial charge < -0.3 is 15.3 Å². The van der Waals surface area contributed by atoms with Gasteiger partial charge in [0, 0.05) is 25.2 Å². The minimum absolute atomic E-state index is 0.0205. The van der Waals surface area contributed by atoms with E-state index in [4.69, 9.17) is 0 Å². The monoisotopic (exact) mass is 364 g/mol. The first-order valence-electron chi connectivity index (χ1n) is 8.94. The van der Waals surface area contributed by atoms with Gasteiger partial charge in [-0.2, -0.15) is 11.8 Å². The molecule has 1 fully saturated rings. The highest BCUT2D eigenvalue weighted by molar-refractivity contribution is 7.99. The highest BCUT2D eigenvalue weighted by Crippen LogP contribution is 2.21. The summed E-state index contributed by atoms with van der Waals surface area (Å²) in [5.74, 6) is 2.23. The van der Waals surface area contributed by atoms with E-state index in [1.807, 2.05) is 11.8 Å². The zero-order chi connectivity index (χ0) is 18.2. The highest BCUT2D eigenvalue weighted by atomic mass is 32.2. The van der Waals surface area contributed by atoms with Crippen LogP contribution in [0.2, 0.25) is 0 Å². The van der Waals surface area contributed by atoms with E-state index in [9.17, 15) is 14.7 Å². The molecular weight excluding hydrogens is 336 g/mol. The van der Waals surface area contributed by atoms with E-state index in [0.717, 1.165) is 31.6 Å². The van der Waals surface area contributed by atoms with E-state index in [1.54, 1.807) is 36.9 Å². The molecule has 0 saturated carbocycles. The van der Waals surface area contributed by atoms with Crippen LogP contribution in [0.5, 0.6) is 5.75 Å². The Morgan fingerprint density at radius 1 is 1.32 bits per heavy atom. The number of hydrogen-bond acceptors (Lipinski definition) is 4. The van der Waals surface area contributed by atoms with Crippen LogP contribution in [0.3, 0.4) is 0 Å². The molecule has 1 aliphatic heterocycles. The molecule has 2 amide bonds. The van der Waals surface area contributed by atoms with Gasteiger partial charge >= 0.3 is 0 Å². The van der Waals surface area contributed by atoms with Crippen molar-refractivity contribution in [3.63, 3.8) is 0 Å². The van der Waals surface area contributed by atoms with E-state index in [2.05, 4.69) is 5.32 Å².